The van der Waals surface area contributed by atoms with Crippen molar-refractivity contribution in [2.24, 2.45) is 0 Å². The lowest BCUT2D eigenvalue weighted by atomic mass is 10.3. The summed E-state index contributed by atoms with van der Waals surface area (Å²) >= 11 is 0. The molecule has 0 aliphatic carbocycles. The van der Waals surface area contributed by atoms with Crippen LogP contribution in [0.3, 0.4) is 0 Å². The zero-order valence-electron chi connectivity index (χ0n) is 6.32. The smallest absolute Gasteiger partial charge is 0.121 e. The van der Waals surface area contributed by atoms with Gasteiger partial charge in [-0.05, 0) is 19.1 Å². The van der Waals surface area contributed by atoms with Crippen LogP contribution in [0.15, 0.2) is 30.3 Å². The Morgan fingerprint density at radius 3 is 2.27 bits per heavy atom. The molecule has 1 atom stereocenters. The highest BCUT2D eigenvalue weighted by Gasteiger charge is 1.91. The van der Waals surface area contributed by atoms with E-state index in [1.165, 1.54) is 0 Å². The van der Waals surface area contributed by atoms with Crippen LogP contribution in [0.1, 0.15) is 6.92 Å². The van der Waals surface area contributed by atoms with Gasteiger partial charge in [-0.3, -0.25) is 0 Å². The van der Waals surface area contributed by atoms with Gasteiger partial charge in [-0.15, -0.1) is 12.4 Å². The Morgan fingerprint density at radius 1 is 1.27 bits per heavy atom. The average Bonchev–Trinajstić information content (AvgIpc) is 1.88. The SMILES string of the molecule is CC(O)Nc1ccccc1.Cl. The van der Waals surface area contributed by atoms with E-state index in [9.17, 15) is 0 Å². The third-order valence-corrected chi connectivity index (χ3v) is 1.15. The van der Waals surface area contributed by atoms with Crippen molar-refractivity contribution in [2.75, 3.05) is 5.32 Å². The van der Waals surface area contributed by atoms with Crippen molar-refractivity contribution in [3.8, 4) is 0 Å². The summed E-state index contributed by atoms with van der Waals surface area (Å²) < 4.78 is 0. The molecule has 0 fully saturated rings. The molecule has 3 heteroatoms. The van der Waals surface area contributed by atoms with Crippen molar-refractivity contribution < 1.29 is 5.11 Å². The Balaban J connectivity index is 0.000001000. The third kappa shape index (κ3) is 3.86. The van der Waals surface area contributed by atoms with Gasteiger partial charge in [-0.25, -0.2) is 0 Å². The monoisotopic (exact) mass is 173 g/mol. The molecule has 11 heavy (non-hydrogen) atoms. The minimum absolute atomic E-state index is 0. The second-order valence-electron chi connectivity index (χ2n) is 2.19. The molecule has 2 nitrogen and oxygen atoms in total. The molecule has 1 aromatic rings. The number of anilines is 1. The first kappa shape index (κ1) is 10.3. The van der Waals surface area contributed by atoms with E-state index in [1.807, 2.05) is 30.3 Å². The van der Waals surface area contributed by atoms with Crippen molar-refractivity contribution in [3.05, 3.63) is 30.3 Å². The van der Waals surface area contributed by atoms with Crippen LogP contribution in [0, 0.1) is 0 Å². The fourth-order valence-electron chi connectivity index (χ4n) is 0.776. The summed E-state index contributed by atoms with van der Waals surface area (Å²) in [5.41, 5.74) is 0.942. The van der Waals surface area contributed by atoms with Gasteiger partial charge in [-0.2, -0.15) is 0 Å². The van der Waals surface area contributed by atoms with E-state index in [2.05, 4.69) is 5.32 Å². The van der Waals surface area contributed by atoms with Crippen LogP contribution >= 0.6 is 12.4 Å². The molecule has 0 bridgehead atoms. The highest BCUT2D eigenvalue weighted by molar-refractivity contribution is 5.85. The zero-order chi connectivity index (χ0) is 7.40. The molecule has 0 amide bonds. The highest BCUT2D eigenvalue weighted by Crippen LogP contribution is 2.04. The topological polar surface area (TPSA) is 32.3 Å². The first-order chi connectivity index (χ1) is 4.79. The zero-order valence-corrected chi connectivity index (χ0v) is 7.14. The normalized spacial score (nSPS) is 11.5. The molecule has 0 radical (unpaired) electrons. The fraction of sp³-hybridized carbons (Fsp3) is 0.250. The van der Waals surface area contributed by atoms with Crippen LogP contribution in [0.2, 0.25) is 0 Å². The summed E-state index contributed by atoms with van der Waals surface area (Å²) in [4.78, 5) is 0. The Morgan fingerprint density at radius 2 is 1.82 bits per heavy atom. The first-order valence-electron chi connectivity index (χ1n) is 3.28. The van der Waals surface area contributed by atoms with E-state index in [0.29, 0.717) is 0 Å². The quantitative estimate of drug-likeness (QED) is 0.670. The van der Waals surface area contributed by atoms with Gasteiger partial charge < -0.3 is 10.4 Å². The van der Waals surface area contributed by atoms with Crippen molar-refractivity contribution in [2.45, 2.75) is 13.2 Å². The van der Waals surface area contributed by atoms with Crippen molar-refractivity contribution in [1.29, 1.82) is 0 Å². The summed E-state index contributed by atoms with van der Waals surface area (Å²) in [5.74, 6) is 0. The van der Waals surface area contributed by atoms with E-state index in [4.69, 9.17) is 5.11 Å². The first-order valence-corrected chi connectivity index (χ1v) is 3.28. The second-order valence-corrected chi connectivity index (χ2v) is 2.19. The van der Waals surface area contributed by atoms with E-state index < -0.39 is 6.23 Å². The average molecular weight is 174 g/mol. The lowest BCUT2D eigenvalue weighted by molar-refractivity contribution is 0.224. The Bertz CT molecular complexity index is 189. The number of halogens is 1. The molecule has 0 spiro atoms. The number of hydrogen-bond acceptors (Lipinski definition) is 2. The minimum atomic E-state index is -0.484. The molecule has 0 aliphatic heterocycles. The molecule has 0 heterocycles. The number of para-hydroxylation sites is 1. The number of nitrogens with one attached hydrogen (secondary N) is 1. The number of hydrogen-bond donors (Lipinski definition) is 2. The molecule has 1 unspecified atom stereocenters. The van der Waals surface area contributed by atoms with E-state index in [-0.39, 0.29) is 12.4 Å². The van der Waals surface area contributed by atoms with Crippen LogP contribution in [0.25, 0.3) is 0 Å². The number of aliphatic hydroxyl groups excluding tert-OH is 1. The van der Waals surface area contributed by atoms with Crippen molar-refractivity contribution in [1.82, 2.24) is 0 Å². The van der Waals surface area contributed by atoms with Crippen LogP contribution in [0.4, 0.5) is 5.69 Å². The molecule has 0 aliphatic rings. The van der Waals surface area contributed by atoms with Gasteiger partial charge in [0.15, 0.2) is 0 Å². The van der Waals surface area contributed by atoms with Crippen LogP contribution in [-0.2, 0) is 0 Å². The molecule has 0 saturated heterocycles. The number of benzene rings is 1. The van der Waals surface area contributed by atoms with E-state index in [0.717, 1.165) is 5.69 Å². The Kier molecular flexibility index (Phi) is 4.66. The van der Waals surface area contributed by atoms with Gasteiger partial charge in [-0.1, -0.05) is 18.2 Å². The van der Waals surface area contributed by atoms with E-state index in [1.54, 1.807) is 6.92 Å². The summed E-state index contributed by atoms with van der Waals surface area (Å²) in [6.45, 7) is 1.69. The highest BCUT2D eigenvalue weighted by atomic mass is 35.5. The Hall–Kier alpha value is -0.730. The van der Waals surface area contributed by atoms with Gasteiger partial charge in [0.2, 0.25) is 0 Å². The predicted octanol–water partition coefficient (Wildman–Crippen LogP) is 1.86. The van der Waals surface area contributed by atoms with Crippen molar-refractivity contribution >= 4 is 18.1 Å². The van der Waals surface area contributed by atoms with Gasteiger partial charge in [0.05, 0.1) is 0 Å². The Labute approximate surface area is 72.7 Å². The maximum absolute atomic E-state index is 8.89. The number of rotatable bonds is 2. The molecule has 1 aromatic carbocycles. The molecular formula is C8H12ClNO. The molecule has 2 N–H and O–H groups in total. The van der Waals surface area contributed by atoms with Gasteiger partial charge in [0.1, 0.15) is 6.23 Å². The largest absolute Gasteiger partial charge is 0.374 e. The maximum Gasteiger partial charge on any atom is 0.121 e. The second kappa shape index (κ2) is 4.99. The summed E-state index contributed by atoms with van der Waals surface area (Å²) in [6, 6.07) is 9.60. The third-order valence-electron chi connectivity index (χ3n) is 1.15. The van der Waals surface area contributed by atoms with Gasteiger partial charge >= 0.3 is 0 Å². The van der Waals surface area contributed by atoms with E-state index >= 15 is 0 Å². The summed E-state index contributed by atoms with van der Waals surface area (Å²) in [7, 11) is 0. The molecule has 0 saturated carbocycles. The predicted molar refractivity (Wildman–Crippen MR) is 49.0 cm³/mol. The molecular weight excluding hydrogens is 162 g/mol. The van der Waals surface area contributed by atoms with Crippen LogP contribution in [-0.4, -0.2) is 11.3 Å². The van der Waals surface area contributed by atoms with Crippen LogP contribution in [0.5, 0.6) is 0 Å². The van der Waals surface area contributed by atoms with Crippen LogP contribution < -0.4 is 5.32 Å². The fourth-order valence-corrected chi connectivity index (χ4v) is 0.776. The maximum atomic E-state index is 8.89. The lowest BCUT2D eigenvalue weighted by Crippen LogP contribution is -2.12. The summed E-state index contributed by atoms with van der Waals surface area (Å²) in [5, 5.41) is 11.8. The summed E-state index contributed by atoms with van der Waals surface area (Å²) in [6.07, 6.45) is -0.484. The lowest BCUT2D eigenvalue weighted by Gasteiger charge is -2.07. The molecule has 1 rings (SSSR count). The minimum Gasteiger partial charge on any atom is -0.374 e. The standard InChI is InChI=1S/C8H11NO.ClH/c1-7(10)9-8-5-3-2-4-6-8;/h2-7,9-10H,1H3;1H. The molecule has 62 valence electrons. The van der Waals surface area contributed by atoms with Gasteiger partial charge in [0.25, 0.3) is 0 Å². The van der Waals surface area contributed by atoms with Gasteiger partial charge in [0, 0.05) is 5.69 Å². The van der Waals surface area contributed by atoms with Crippen molar-refractivity contribution in [3.63, 3.8) is 0 Å². The molecule has 0 aromatic heterocycles. The number of aliphatic hydroxyl groups is 1.